The topological polar surface area (TPSA) is 99.2 Å². The molecule has 2 aliphatic rings. The maximum absolute atomic E-state index is 13.7. The first-order valence-corrected chi connectivity index (χ1v) is 16.6. The van der Waals surface area contributed by atoms with Crippen molar-refractivity contribution in [3.05, 3.63) is 99.5 Å². The lowest BCUT2D eigenvalue weighted by Crippen LogP contribution is -2.36. The van der Waals surface area contributed by atoms with Crippen molar-refractivity contribution in [1.82, 2.24) is 9.80 Å². The molecule has 0 bridgehead atoms. The molecule has 0 aromatic heterocycles. The Bertz CT molecular complexity index is 1860. The quantitative estimate of drug-likeness (QED) is 0.124. The summed E-state index contributed by atoms with van der Waals surface area (Å²) in [5.41, 5.74) is -1.96. The molecule has 268 valence electrons. The number of thiocarbonyl (C=S) groups is 1. The molecule has 0 saturated carbocycles. The van der Waals surface area contributed by atoms with Gasteiger partial charge in [0.05, 0.1) is 34.8 Å². The fourth-order valence-electron chi connectivity index (χ4n) is 5.24. The number of thioether (sulfide) groups is 1. The third-order valence-electron chi connectivity index (χ3n) is 7.83. The number of aromatic carboxylic acids is 1. The van der Waals surface area contributed by atoms with Gasteiger partial charge in [-0.25, -0.2) is 4.79 Å². The standard InChI is InChI=1S/C35H29F6N3O5S2/c36-34(37,38)26-18-25(19-27(20-26)35(39,40)41)24-15-21(2-1-8-43-10-12-49-13-11-43)14-22(16-24)17-29-31(46)44(33(50)51-29)9-7-30(45)42-28-5-3-23(4-6-28)32(47)48/h1-6,14-20H,7-13H2,(H,42,45)(H,47,48). The molecule has 3 aromatic carbocycles. The summed E-state index contributed by atoms with van der Waals surface area (Å²) in [6.07, 6.45) is -5.25. The van der Waals surface area contributed by atoms with E-state index in [9.17, 15) is 40.7 Å². The van der Waals surface area contributed by atoms with E-state index in [0.29, 0.717) is 61.8 Å². The van der Waals surface area contributed by atoms with Gasteiger partial charge in [0.1, 0.15) is 4.32 Å². The van der Waals surface area contributed by atoms with Crippen LogP contribution in [0.25, 0.3) is 23.3 Å². The van der Waals surface area contributed by atoms with Crippen molar-refractivity contribution >= 4 is 63.9 Å². The molecule has 2 N–H and O–H groups in total. The number of nitrogens with one attached hydrogen (secondary N) is 1. The minimum absolute atomic E-state index is 0.0416. The number of hydrogen-bond acceptors (Lipinski definition) is 7. The average Bonchev–Trinajstić information content (AvgIpc) is 3.34. The Balaban J connectivity index is 1.40. The van der Waals surface area contributed by atoms with E-state index in [2.05, 4.69) is 10.2 Å². The minimum Gasteiger partial charge on any atom is -0.478 e. The van der Waals surface area contributed by atoms with E-state index in [1.165, 1.54) is 47.4 Å². The molecule has 5 rings (SSSR count). The van der Waals surface area contributed by atoms with E-state index >= 15 is 0 Å². The Kier molecular flexibility index (Phi) is 11.7. The molecule has 2 saturated heterocycles. The summed E-state index contributed by atoms with van der Waals surface area (Å²) in [5, 5.41) is 11.6. The molecule has 2 amide bonds. The monoisotopic (exact) mass is 749 g/mol. The van der Waals surface area contributed by atoms with Gasteiger partial charge in [-0.3, -0.25) is 19.4 Å². The van der Waals surface area contributed by atoms with Gasteiger partial charge in [0.2, 0.25) is 5.91 Å². The molecule has 0 aliphatic carbocycles. The number of morpholine rings is 1. The van der Waals surface area contributed by atoms with Gasteiger partial charge < -0.3 is 15.2 Å². The Hall–Kier alpha value is -4.51. The van der Waals surface area contributed by atoms with E-state index in [4.69, 9.17) is 22.1 Å². The second-order valence-electron chi connectivity index (χ2n) is 11.5. The molecule has 51 heavy (non-hydrogen) atoms. The average molecular weight is 750 g/mol. The van der Waals surface area contributed by atoms with Crippen LogP contribution in [-0.4, -0.2) is 76.4 Å². The predicted molar refractivity (Wildman–Crippen MR) is 185 cm³/mol. The van der Waals surface area contributed by atoms with E-state index in [1.807, 2.05) is 6.08 Å². The number of carboxylic acids is 1. The molecule has 2 fully saturated rings. The fourth-order valence-corrected chi connectivity index (χ4v) is 6.55. The van der Waals surface area contributed by atoms with Gasteiger partial charge in [0.25, 0.3) is 5.91 Å². The molecule has 2 heterocycles. The Labute approximate surface area is 297 Å². The van der Waals surface area contributed by atoms with Crippen LogP contribution in [0.4, 0.5) is 32.0 Å². The second-order valence-corrected chi connectivity index (χ2v) is 13.2. The van der Waals surface area contributed by atoms with Gasteiger partial charge in [-0.2, -0.15) is 26.3 Å². The predicted octanol–water partition coefficient (Wildman–Crippen LogP) is 7.66. The number of carbonyl (C=O) groups is 3. The molecular weight excluding hydrogens is 721 g/mol. The van der Waals surface area contributed by atoms with Gasteiger partial charge in [-0.15, -0.1) is 0 Å². The zero-order valence-electron chi connectivity index (χ0n) is 26.5. The SMILES string of the molecule is O=C(CCN1C(=O)C(=Cc2cc(C=CCN3CCOCC3)cc(-c3cc(C(F)(F)F)cc(C(F)(F)F)c3)c2)SC1=S)Nc1ccc(C(=O)O)cc1. The summed E-state index contributed by atoms with van der Waals surface area (Å²) in [7, 11) is 0. The van der Waals surface area contributed by atoms with Crippen molar-refractivity contribution in [2.75, 3.05) is 44.7 Å². The van der Waals surface area contributed by atoms with Crippen LogP contribution in [0.2, 0.25) is 0 Å². The van der Waals surface area contributed by atoms with Crippen LogP contribution in [-0.2, 0) is 26.7 Å². The first-order chi connectivity index (χ1) is 24.1. The molecular formula is C35H29F6N3O5S2. The first kappa shape index (κ1) is 37.7. The highest BCUT2D eigenvalue weighted by Crippen LogP contribution is 2.40. The Morgan fingerprint density at radius 1 is 0.902 bits per heavy atom. The van der Waals surface area contributed by atoms with Crippen LogP contribution in [0.5, 0.6) is 0 Å². The van der Waals surface area contributed by atoms with Gasteiger partial charge in [0.15, 0.2) is 0 Å². The largest absolute Gasteiger partial charge is 0.478 e. The lowest BCUT2D eigenvalue weighted by atomic mass is 9.95. The zero-order chi connectivity index (χ0) is 36.9. The number of benzene rings is 3. The number of carbonyl (C=O) groups excluding carboxylic acids is 2. The number of nitrogens with zero attached hydrogens (tertiary/aromatic N) is 2. The third kappa shape index (κ3) is 10.1. The molecule has 2 aliphatic heterocycles. The van der Waals surface area contributed by atoms with Crippen LogP contribution in [0.3, 0.4) is 0 Å². The fraction of sp³-hybridized carbons (Fsp3) is 0.257. The molecule has 8 nitrogen and oxygen atoms in total. The summed E-state index contributed by atoms with van der Waals surface area (Å²) in [4.78, 5) is 40.5. The molecule has 0 spiro atoms. The number of alkyl halides is 6. The number of rotatable bonds is 10. The Morgan fingerprint density at radius 3 is 2.12 bits per heavy atom. The van der Waals surface area contributed by atoms with Crippen molar-refractivity contribution in [2.24, 2.45) is 0 Å². The highest BCUT2D eigenvalue weighted by atomic mass is 32.2. The van der Waals surface area contributed by atoms with Gasteiger partial charge in [0, 0.05) is 38.3 Å². The summed E-state index contributed by atoms with van der Waals surface area (Å²) in [5.74, 6) is -2.11. The summed E-state index contributed by atoms with van der Waals surface area (Å²) >= 11 is 6.32. The molecule has 0 radical (unpaired) electrons. The minimum atomic E-state index is -5.04. The van der Waals surface area contributed by atoms with Gasteiger partial charge in [-0.05, 0) is 89.0 Å². The number of amides is 2. The van der Waals surface area contributed by atoms with Gasteiger partial charge >= 0.3 is 18.3 Å². The van der Waals surface area contributed by atoms with Crippen LogP contribution >= 0.6 is 24.0 Å². The van der Waals surface area contributed by atoms with Crippen molar-refractivity contribution < 1.29 is 50.6 Å². The molecule has 3 aromatic rings. The van der Waals surface area contributed by atoms with Crippen LogP contribution in [0.15, 0.2) is 71.6 Å². The third-order valence-corrected chi connectivity index (χ3v) is 9.20. The van der Waals surface area contributed by atoms with E-state index in [0.717, 1.165) is 11.8 Å². The van der Waals surface area contributed by atoms with Crippen molar-refractivity contribution in [3.63, 3.8) is 0 Å². The lowest BCUT2D eigenvalue weighted by Gasteiger charge is -2.25. The van der Waals surface area contributed by atoms with Crippen molar-refractivity contribution in [3.8, 4) is 11.1 Å². The number of halogens is 6. The summed E-state index contributed by atoms with van der Waals surface area (Å²) in [6.45, 7) is 2.98. The highest BCUT2D eigenvalue weighted by Gasteiger charge is 2.37. The summed E-state index contributed by atoms with van der Waals surface area (Å²) in [6, 6.07) is 11.4. The van der Waals surface area contributed by atoms with E-state index in [1.54, 1.807) is 12.1 Å². The maximum Gasteiger partial charge on any atom is 0.416 e. The first-order valence-electron chi connectivity index (χ1n) is 15.4. The van der Waals surface area contributed by atoms with Gasteiger partial charge in [-0.1, -0.05) is 36.1 Å². The number of carboxylic acid groups (broad SMARTS) is 1. The second kappa shape index (κ2) is 15.8. The number of hydrogen-bond donors (Lipinski definition) is 2. The maximum atomic E-state index is 13.7. The van der Waals surface area contributed by atoms with Crippen LogP contribution in [0.1, 0.15) is 39.0 Å². The number of anilines is 1. The lowest BCUT2D eigenvalue weighted by molar-refractivity contribution is -0.143. The van der Waals surface area contributed by atoms with Crippen molar-refractivity contribution in [2.45, 2.75) is 18.8 Å². The van der Waals surface area contributed by atoms with E-state index < -0.39 is 41.3 Å². The normalized spacial score (nSPS) is 16.7. The molecule has 0 atom stereocenters. The van der Waals surface area contributed by atoms with Crippen LogP contribution in [0, 0.1) is 0 Å². The zero-order valence-corrected chi connectivity index (χ0v) is 28.1. The Morgan fingerprint density at radius 2 is 1.51 bits per heavy atom. The van der Waals surface area contributed by atoms with Crippen LogP contribution < -0.4 is 5.32 Å². The van der Waals surface area contributed by atoms with Crippen molar-refractivity contribution in [1.29, 1.82) is 0 Å². The smallest absolute Gasteiger partial charge is 0.416 e. The summed E-state index contributed by atoms with van der Waals surface area (Å²) < 4.78 is 87.7. The number of ether oxygens (including phenoxy) is 1. The molecule has 16 heteroatoms. The molecule has 0 unspecified atom stereocenters. The van der Waals surface area contributed by atoms with E-state index in [-0.39, 0.29) is 44.9 Å². The highest BCUT2D eigenvalue weighted by molar-refractivity contribution is 8.26.